The number of nitrogens with zero attached hydrogens (tertiary/aromatic N) is 1. The molecule has 0 bridgehead atoms. The summed E-state index contributed by atoms with van der Waals surface area (Å²) in [5, 5.41) is 6.36. The van der Waals surface area contributed by atoms with E-state index in [9.17, 15) is 0 Å². The molecule has 39 heavy (non-hydrogen) atoms. The highest BCUT2D eigenvalue weighted by Gasteiger charge is 2.16. The van der Waals surface area contributed by atoms with E-state index >= 15 is 0 Å². The minimum Gasteiger partial charge on any atom is -0.256 e. The van der Waals surface area contributed by atoms with Crippen molar-refractivity contribution in [1.82, 2.24) is 4.98 Å². The molecule has 0 saturated heterocycles. The monoisotopic (exact) mass is 519 g/mol. The van der Waals surface area contributed by atoms with Gasteiger partial charge in [-0.15, -0.1) is 11.3 Å². The van der Waals surface area contributed by atoms with Gasteiger partial charge in [-0.1, -0.05) is 98.8 Å². The second-order valence-electron chi connectivity index (χ2n) is 10.7. The van der Waals surface area contributed by atoms with Crippen LogP contribution < -0.4 is 0 Å². The molecule has 2 aromatic heterocycles. The van der Waals surface area contributed by atoms with Crippen molar-refractivity contribution in [2.45, 2.75) is 26.7 Å². The van der Waals surface area contributed by atoms with Crippen molar-refractivity contribution in [3.8, 4) is 32.8 Å². The summed E-state index contributed by atoms with van der Waals surface area (Å²) in [7, 11) is 0. The first-order chi connectivity index (χ1) is 19.1. The molecule has 0 aliphatic heterocycles. The summed E-state index contributed by atoms with van der Waals surface area (Å²) < 4.78 is 1.31. The Labute approximate surface area is 233 Å². The van der Waals surface area contributed by atoms with Crippen LogP contribution in [0.3, 0.4) is 0 Å². The van der Waals surface area contributed by atoms with Gasteiger partial charge in [0.15, 0.2) is 0 Å². The maximum Gasteiger partial charge on any atom is 0.0780 e. The first-order valence-electron chi connectivity index (χ1n) is 13.6. The van der Waals surface area contributed by atoms with Crippen LogP contribution in [0, 0.1) is 6.92 Å². The van der Waals surface area contributed by atoms with Crippen LogP contribution in [0.25, 0.3) is 64.5 Å². The third-order valence-corrected chi connectivity index (χ3v) is 9.05. The number of hydrogen-bond acceptors (Lipinski definition) is 2. The molecular weight excluding hydrogens is 490 g/mol. The molecule has 188 valence electrons. The van der Waals surface area contributed by atoms with Gasteiger partial charge in [-0.05, 0) is 80.9 Å². The molecule has 7 rings (SSSR count). The van der Waals surface area contributed by atoms with Crippen LogP contribution in [0.4, 0.5) is 0 Å². The van der Waals surface area contributed by atoms with E-state index in [0.29, 0.717) is 5.92 Å². The van der Waals surface area contributed by atoms with Crippen molar-refractivity contribution in [1.29, 1.82) is 0 Å². The molecule has 1 nitrogen and oxygen atoms in total. The summed E-state index contributed by atoms with van der Waals surface area (Å²) >= 11 is 1.87. The van der Waals surface area contributed by atoms with Gasteiger partial charge in [-0.25, -0.2) is 0 Å². The van der Waals surface area contributed by atoms with Crippen LogP contribution >= 0.6 is 11.3 Å². The largest absolute Gasteiger partial charge is 0.256 e. The zero-order valence-electron chi connectivity index (χ0n) is 22.4. The summed E-state index contributed by atoms with van der Waals surface area (Å²) in [6.07, 6.45) is 1.97. The fourth-order valence-corrected chi connectivity index (χ4v) is 7.25. The Morgan fingerprint density at radius 1 is 0.615 bits per heavy atom. The molecule has 0 N–H and O–H groups in total. The van der Waals surface area contributed by atoms with Gasteiger partial charge in [-0.3, -0.25) is 4.98 Å². The van der Waals surface area contributed by atoms with Crippen LogP contribution in [0.15, 0.2) is 115 Å². The molecule has 0 aliphatic rings. The number of rotatable bonds is 4. The highest BCUT2D eigenvalue weighted by Crippen LogP contribution is 2.43. The van der Waals surface area contributed by atoms with E-state index in [2.05, 4.69) is 130 Å². The van der Waals surface area contributed by atoms with Crippen LogP contribution in [-0.2, 0) is 0 Å². The van der Waals surface area contributed by atoms with E-state index in [4.69, 9.17) is 4.98 Å². The molecule has 0 amide bonds. The lowest BCUT2D eigenvalue weighted by atomic mass is 9.89. The quantitative estimate of drug-likeness (QED) is 0.211. The van der Waals surface area contributed by atoms with E-state index in [1.165, 1.54) is 64.3 Å². The van der Waals surface area contributed by atoms with Gasteiger partial charge in [0.2, 0.25) is 0 Å². The van der Waals surface area contributed by atoms with E-state index in [1.807, 2.05) is 17.5 Å². The first kappa shape index (κ1) is 23.8. The minimum atomic E-state index is 0.473. The van der Waals surface area contributed by atoms with Gasteiger partial charge in [0, 0.05) is 32.3 Å². The standard InChI is InChI=1S/C37H29NS/c1-23(2)35-24(3)14-15-29-30-18-19-38-36(32(30)17-16-31(29)35)27-20-28-22-34(26-12-8-5-9-13-26)39-37(28)33(21-27)25-10-6-4-7-11-25/h4-23H,1-3H3. The number of fused-ring (bicyclic) bond motifs is 4. The maximum absolute atomic E-state index is 4.97. The zero-order valence-corrected chi connectivity index (χ0v) is 23.2. The number of aromatic nitrogens is 1. The Hall–Kier alpha value is -4.27. The van der Waals surface area contributed by atoms with Crippen molar-refractivity contribution in [2.24, 2.45) is 0 Å². The van der Waals surface area contributed by atoms with Crippen LogP contribution in [0.1, 0.15) is 30.9 Å². The van der Waals surface area contributed by atoms with Crippen molar-refractivity contribution in [3.05, 3.63) is 127 Å². The topological polar surface area (TPSA) is 12.9 Å². The molecule has 0 radical (unpaired) electrons. The zero-order chi connectivity index (χ0) is 26.5. The molecule has 0 aliphatic carbocycles. The second kappa shape index (κ2) is 9.48. The number of pyridine rings is 1. The van der Waals surface area contributed by atoms with Gasteiger partial charge in [0.25, 0.3) is 0 Å². The van der Waals surface area contributed by atoms with Crippen LogP contribution in [-0.4, -0.2) is 4.98 Å². The molecule has 0 spiro atoms. The lowest BCUT2D eigenvalue weighted by Crippen LogP contribution is -1.95. The maximum atomic E-state index is 4.97. The SMILES string of the molecule is Cc1ccc2c(ccc3c(-c4cc(-c5ccccc5)c5sc(-c6ccccc6)cc5c4)nccc32)c1C(C)C. The summed E-state index contributed by atoms with van der Waals surface area (Å²) in [4.78, 5) is 6.25. The molecule has 0 fully saturated rings. The Kier molecular flexibility index (Phi) is 5.79. The average molecular weight is 520 g/mol. The van der Waals surface area contributed by atoms with Crippen LogP contribution in [0.2, 0.25) is 0 Å². The van der Waals surface area contributed by atoms with Crippen LogP contribution in [0.5, 0.6) is 0 Å². The second-order valence-corrected chi connectivity index (χ2v) is 11.7. The van der Waals surface area contributed by atoms with E-state index in [-0.39, 0.29) is 0 Å². The summed E-state index contributed by atoms with van der Waals surface area (Å²) in [6, 6.07) is 39.7. The third-order valence-electron chi connectivity index (χ3n) is 7.81. The van der Waals surface area contributed by atoms with Gasteiger partial charge in [0.05, 0.1) is 5.69 Å². The Bertz CT molecular complexity index is 1980. The number of thiophene rings is 1. The van der Waals surface area contributed by atoms with Crippen molar-refractivity contribution < 1.29 is 0 Å². The normalized spacial score (nSPS) is 11.7. The average Bonchev–Trinajstić information content (AvgIpc) is 3.41. The first-order valence-corrected chi connectivity index (χ1v) is 14.4. The lowest BCUT2D eigenvalue weighted by molar-refractivity contribution is 0.867. The lowest BCUT2D eigenvalue weighted by Gasteiger charge is -2.16. The van der Waals surface area contributed by atoms with Crippen molar-refractivity contribution >= 4 is 43.0 Å². The number of benzene rings is 5. The third kappa shape index (κ3) is 4.04. The van der Waals surface area contributed by atoms with Gasteiger partial charge >= 0.3 is 0 Å². The molecule has 0 saturated carbocycles. The molecule has 5 aromatic carbocycles. The Balaban J connectivity index is 1.50. The number of hydrogen-bond donors (Lipinski definition) is 0. The summed E-state index contributed by atoms with van der Waals surface area (Å²) in [6.45, 7) is 6.80. The smallest absolute Gasteiger partial charge is 0.0780 e. The van der Waals surface area contributed by atoms with Crippen molar-refractivity contribution in [3.63, 3.8) is 0 Å². The molecule has 2 heteroatoms. The number of aryl methyl sites for hydroxylation is 1. The van der Waals surface area contributed by atoms with E-state index in [0.717, 1.165) is 11.3 Å². The van der Waals surface area contributed by atoms with Gasteiger partial charge in [0.1, 0.15) is 0 Å². The summed E-state index contributed by atoms with van der Waals surface area (Å²) in [5.74, 6) is 0.473. The molecule has 2 heterocycles. The fraction of sp³-hybridized carbons (Fsp3) is 0.108. The highest BCUT2D eigenvalue weighted by atomic mass is 32.1. The molecule has 0 atom stereocenters. The predicted molar refractivity (Wildman–Crippen MR) is 170 cm³/mol. The minimum absolute atomic E-state index is 0.473. The fourth-order valence-electron chi connectivity index (χ4n) is 6.07. The van der Waals surface area contributed by atoms with Gasteiger partial charge in [-0.2, -0.15) is 0 Å². The van der Waals surface area contributed by atoms with E-state index in [1.54, 1.807) is 0 Å². The van der Waals surface area contributed by atoms with E-state index < -0.39 is 0 Å². The van der Waals surface area contributed by atoms with Crippen molar-refractivity contribution in [2.75, 3.05) is 0 Å². The Morgan fingerprint density at radius 2 is 1.28 bits per heavy atom. The molecule has 7 aromatic rings. The highest BCUT2D eigenvalue weighted by molar-refractivity contribution is 7.22. The predicted octanol–water partition coefficient (Wildman–Crippen LogP) is 11.0. The Morgan fingerprint density at radius 3 is 2.03 bits per heavy atom. The molecular formula is C37H29NS. The molecule has 0 unspecified atom stereocenters. The van der Waals surface area contributed by atoms with Gasteiger partial charge < -0.3 is 0 Å². The summed E-state index contributed by atoms with van der Waals surface area (Å²) in [5.41, 5.74) is 8.72.